The van der Waals surface area contributed by atoms with Crippen LogP contribution in [0.2, 0.25) is 0 Å². The van der Waals surface area contributed by atoms with Gasteiger partial charge in [-0.15, -0.1) is 0 Å². The van der Waals surface area contributed by atoms with E-state index in [1.54, 1.807) is 18.2 Å². The van der Waals surface area contributed by atoms with Crippen LogP contribution in [0.25, 0.3) is 0 Å². The molecule has 1 aromatic rings. The summed E-state index contributed by atoms with van der Waals surface area (Å²) in [4.78, 5) is 11.4. The lowest BCUT2D eigenvalue weighted by Crippen LogP contribution is -2.17. The van der Waals surface area contributed by atoms with Gasteiger partial charge in [-0.25, -0.2) is 13.6 Å². The van der Waals surface area contributed by atoms with E-state index in [4.69, 9.17) is 9.88 Å². The summed E-state index contributed by atoms with van der Waals surface area (Å²) in [5.74, 6) is -0.911. The third-order valence-electron chi connectivity index (χ3n) is 2.54. The van der Waals surface area contributed by atoms with Crippen molar-refractivity contribution in [1.29, 1.82) is 0 Å². The number of esters is 1. The van der Waals surface area contributed by atoms with Crippen LogP contribution >= 0.6 is 0 Å². The lowest BCUT2D eigenvalue weighted by molar-refractivity contribution is -0.139. The molecule has 0 bridgehead atoms. The zero-order chi connectivity index (χ0) is 11.8. The van der Waals surface area contributed by atoms with E-state index in [1.807, 2.05) is 0 Å². The summed E-state index contributed by atoms with van der Waals surface area (Å²) in [5.41, 5.74) is 0.424. The zero-order valence-electron chi connectivity index (χ0n) is 8.42. The van der Waals surface area contributed by atoms with E-state index in [1.165, 1.54) is 6.07 Å². The molecule has 2 rings (SSSR count). The van der Waals surface area contributed by atoms with E-state index in [2.05, 4.69) is 0 Å². The van der Waals surface area contributed by atoms with Crippen molar-refractivity contribution in [2.24, 2.45) is 5.14 Å². The topological polar surface area (TPSA) is 86.5 Å². The highest BCUT2D eigenvalue weighted by atomic mass is 32.2. The van der Waals surface area contributed by atoms with E-state index in [-0.39, 0.29) is 4.90 Å². The van der Waals surface area contributed by atoms with Crippen LogP contribution in [0.4, 0.5) is 0 Å². The van der Waals surface area contributed by atoms with Crippen molar-refractivity contribution >= 4 is 16.0 Å². The molecule has 1 atom stereocenters. The molecule has 2 N–H and O–H groups in total. The van der Waals surface area contributed by atoms with E-state index in [9.17, 15) is 13.2 Å². The fraction of sp³-hybridized carbons (Fsp3) is 0.300. The number of sulfonamides is 1. The predicted octanol–water partition coefficient (Wildman–Crippen LogP) is 0.364. The van der Waals surface area contributed by atoms with Crippen LogP contribution < -0.4 is 5.14 Å². The van der Waals surface area contributed by atoms with Gasteiger partial charge in [-0.1, -0.05) is 18.2 Å². The van der Waals surface area contributed by atoms with E-state index < -0.39 is 21.9 Å². The van der Waals surface area contributed by atoms with Crippen LogP contribution in [0.1, 0.15) is 17.9 Å². The molecule has 1 aromatic carbocycles. The first-order valence-electron chi connectivity index (χ1n) is 4.78. The molecule has 6 heteroatoms. The predicted molar refractivity (Wildman–Crippen MR) is 56.1 cm³/mol. The van der Waals surface area contributed by atoms with Gasteiger partial charge < -0.3 is 4.74 Å². The second kappa shape index (κ2) is 3.88. The Kier molecular flexibility index (Phi) is 2.69. The molecule has 0 radical (unpaired) electrons. The molecule has 0 saturated carbocycles. The number of cyclic esters (lactones) is 1. The van der Waals surface area contributed by atoms with E-state index in [0.717, 1.165) is 0 Å². The second-order valence-corrected chi connectivity index (χ2v) is 5.12. The van der Waals surface area contributed by atoms with Crippen LogP contribution in [0.5, 0.6) is 0 Å². The number of benzene rings is 1. The Morgan fingerprint density at radius 2 is 2.00 bits per heavy atom. The molecule has 1 fully saturated rings. The van der Waals surface area contributed by atoms with Gasteiger partial charge in [0, 0.05) is 0 Å². The van der Waals surface area contributed by atoms with Gasteiger partial charge >= 0.3 is 5.97 Å². The smallest absolute Gasteiger partial charge is 0.313 e. The summed E-state index contributed by atoms with van der Waals surface area (Å²) in [6.07, 6.45) is 0.491. The Morgan fingerprint density at radius 3 is 2.56 bits per heavy atom. The molecular weight excluding hydrogens is 230 g/mol. The minimum absolute atomic E-state index is 0.00106. The van der Waals surface area contributed by atoms with Crippen LogP contribution in [0.15, 0.2) is 29.2 Å². The molecule has 5 nitrogen and oxygen atoms in total. The summed E-state index contributed by atoms with van der Waals surface area (Å²) >= 11 is 0. The first kappa shape index (κ1) is 11.1. The number of ether oxygens (including phenoxy) is 1. The molecule has 1 saturated heterocycles. The van der Waals surface area contributed by atoms with Crippen LogP contribution in [-0.2, 0) is 19.6 Å². The van der Waals surface area contributed by atoms with Crippen LogP contribution in [0, 0.1) is 0 Å². The van der Waals surface area contributed by atoms with Crippen LogP contribution in [-0.4, -0.2) is 21.0 Å². The zero-order valence-corrected chi connectivity index (χ0v) is 9.24. The minimum atomic E-state index is -3.80. The van der Waals surface area contributed by atoms with Crippen molar-refractivity contribution < 1.29 is 17.9 Å². The van der Waals surface area contributed by atoms with Crippen molar-refractivity contribution in [2.75, 3.05) is 6.61 Å². The molecule has 0 amide bonds. The standard InChI is InChI=1S/C10H11NO4S/c11-16(13,14)9-4-2-1-3-7(9)8-5-6-15-10(8)12/h1-4,8H,5-6H2,(H2,11,13,14). The highest BCUT2D eigenvalue weighted by molar-refractivity contribution is 7.89. The quantitative estimate of drug-likeness (QED) is 0.757. The minimum Gasteiger partial charge on any atom is -0.465 e. The Balaban J connectivity index is 2.53. The second-order valence-electron chi connectivity index (χ2n) is 3.59. The molecule has 1 unspecified atom stereocenters. The maximum atomic E-state index is 11.4. The monoisotopic (exact) mass is 241 g/mol. The third kappa shape index (κ3) is 1.94. The van der Waals surface area contributed by atoms with Gasteiger partial charge in [0.1, 0.15) is 0 Å². The van der Waals surface area contributed by atoms with Crippen molar-refractivity contribution in [3.8, 4) is 0 Å². The van der Waals surface area contributed by atoms with Crippen molar-refractivity contribution in [3.05, 3.63) is 29.8 Å². The van der Waals surface area contributed by atoms with E-state index in [0.29, 0.717) is 18.6 Å². The summed E-state index contributed by atoms with van der Waals surface area (Å²) in [7, 11) is -3.80. The van der Waals surface area contributed by atoms with Gasteiger partial charge in [0.25, 0.3) is 0 Å². The number of primary sulfonamides is 1. The Hall–Kier alpha value is -1.40. The molecule has 1 aliphatic rings. The Bertz CT molecular complexity index is 523. The fourth-order valence-electron chi connectivity index (χ4n) is 1.81. The van der Waals surface area contributed by atoms with Gasteiger partial charge in [0.15, 0.2) is 0 Å². The first-order chi connectivity index (χ1) is 7.50. The molecule has 1 heterocycles. The lowest BCUT2D eigenvalue weighted by atomic mass is 9.98. The molecular formula is C10H11NO4S. The average Bonchev–Trinajstić information content (AvgIpc) is 2.63. The number of carbonyl (C=O) groups is 1. The van der Waals surface area contributed by atoms with Gasteiger partial charge in [-0.2, -0.15) is 0 Å². The SMILES string of the molecule is NS(=O)(=O)c1ccccc1C1CCOC1=O. The average molecular weight is 241 g/mol. The summed E-state index contributed by atoms with van der Waals surface area (Å²) in [5, 5.41) is 5.09. The third-order valence-corrected chi connectivity index (χ3v) is 3.52. The van der Waals surface area contributed by atoms with Crippen LogP contribution in [0.3, 0.4) is 0 Å². The number of hydrogen-bond donors (Lipinski definition) is 1. The maximum Gasteiger partial charge on any atom is 0.313 e. The molecule has 1 aliphatic heterocycles. The van der Waals surface area contributed by atoms with Crippen molar-refractivity contribution in [1.82, 2.24) is 0 Å². The van der Waals surface area contributed by atoms with Gasteiger partial charge in [-0.3, -0.25) is 4.79 Å². The number of nitrogens with two attached hydrogens (primary N) is 1. The summed E-state index contributed by atoms with van der Waals surface area (Å²) in [6, 6.07) is 6.24. The van der Waals surface area contributed by atoms with Gasteiger partial charge in [0.05, 0.1) is 17.4 Å². The van der Waals surface area contributed by atoms with Gasteiger partial charge in [-0.05, 0) is 18.1 Å². The fourth-order valence-corrected chi connectivity index (χ4v) is 2.61. The number of hydrogen-bond acceptors (Lipinski definition) is 4. The largest absolute Gasteiger partial charge is 0.465 e. The van der Waals surface area contributed by atoms with Crippen molar-refractivity contribution in [2.45, 2.75) is 17.2 Å². The molecule has 0 aromatic heterocycles. The van der Waals surface area contributed by atoms with Crippen molar-refractivity contribution in [3.63, 3.8) is 0 Å². The highest BCUT2D eigenvalue weighted by Crippen LogP contribution is 2.30. The summed E-state index contributed by atoms with van der Waals surface area (Å²) < 4.78 is 27.5. The van der Waals surface area contributed by atoms with Gasteiger partial charge in [0.2, 0.25) is 10.0 Å². The highest BCUT2D eigenvalue weighted by Gasteiger charge is 2.31. The molecule has 0 aliphatic carbocycles. The molecule has 16 heavy (non-hydrogen) atoms. The number of rotatable bonds is 2. The lowest BCUT2D eigenvalue weighted by Gasteiger charge is -2.10. The first-order valence-corrected chi connectivity index (χ1v) is 6.33. The summed E-state index contributed by atoms with van der Waals surface area (Å²) in [6.45, 7) is 0.322. The molecule has 86 valence electrons. The number of carbonyl (C=O) groups excluding carboxylic acids is 1. The maximum absolute atomic E-state index is 11.4. The normalized spacial score (nSPS) is 20.8. The Morgan fingerprint density at radius 1 is 1.31 bits per heavy atom. The molecule has 0 spiro atoms. The van der Waals surface area contributed by atoms with E-state index >= 15 is 0 Å². The Labute approximate surface area is 93.3 Å².